The van der Waals surface area contributed by atoms with Crippen LogP contribution in [0.15, 0.2) is 48.5 Å². The molecule has 1 heterocycles. The Bertz CT molecular complexity index is 1100. The smallest absolute Gasteiger partial charge is 0.254 e. The summed E-state index contributed by atoms with van der Waals surface area (Å²) in [6, 6.07) is 15.0. The predicted molar refractivity (Wildman–Crippen MR) is 121 cm³/mol. The van der Waals surface area contributed by atoms with Crippen molar-refractivity contribution in [2.24, 2.45) is 0 Å². The number of amides is 2. The summed E-state index contributed by atoms with van der Waals surface area (Å²) in [5, 5.41) is 24.6. The van der Waals surface area contributed by atoms with Gasteiger partial charge in [0.25, 0.3) is 5.91 Å². The molecule has 2 aromatic carbocycles. The third-order valence-corrected chi connectivity index (χ3v) is 6.72. The lowest BCUT2D eigenvalue weighted by atomic mass is 9.74. The number of aromatic amines is 1. The average Bonchev–Trinajstić information content (AvgIpc) is 3.21. The normalized spacial score (nSPS) is 23.5. The van der Waals surface area contributed by atoms with Crippen LogP contribution in [-0.4, -0.2) is 63.0 Å². The van der Waals surface area contributed by atoms with Gasteiger partial charge in [-0.2, -0.15) is 15.4 Å². The molecule has 1 aromatic heterocycles. The minimum atomic E-state index is -0.650. The zero-order chi connectivity index (χ0) is 22.7. The first-order chi connectivity index (χ1) is 15.4. The largest absolute Gasteiger partial charge is 0.391 e. The molecule has 0 bridgehead atoms. The monoisotopic (exact) mass is 435 g/mol. The maximum Gasteiger partial charge on any atom is 0.254 e. The number of H-pyrrole nitrogens is 1. The lowest BCUT2D eigenvalue weighted by Crippen LogP contribution is -2.44. The number of aliphatic hydroxyl groups is 1. The molecule has 0 unspecified atom stereocenters. The van der Waals surface area contributed by atoms with Crippen molar-refractivity contribution in [1.82, 2.24) is 25.6 Å². The number of fused-ring (bicyclic) bond motifs is 1. The Morgan fingerprint density at radius 3 is 2.59 bits per heavy atom. The second-order valence-corrected chi connectivity index (χ2v) is 8.71. The SMILES string of the molecule is CC(=O)NC[C@]1(c2ccccc2)CC[C@@H](O)[C@H](N(C)C(=O)c2ccc3n[nH]nc3c2)CC1. The Hall–Kier alpha value is -3.26. The predicted octanol–water partition coefficient (Wildman–Crippen LogP) is 2.41. The first kappa shape index (κ1) is 22.0. The Balaban J connectivity index is 1.56. The summed E-state index contributed by atoms with van der Waals surface area (Å²) in [5.41, 5.74) is 2.70. The highest BCUT2D eigenvalue weighted by Gasteiger charge is 2.40. The summed E-state index contributed by atoms with van der Waals surface area (Å²) in [5.74, 6) is -0.231. The van der Waals surface area contributed by atoms with Crippen molar-refractivity contribution in [3.05, 3.63) is 59.7 Å². The molecule has 0 aliphatic heterocycles. The number of nitrogens with zero attached hydrogens (tertiary/aromatic N) is 3. The van der Waals surface area contributed by atoms with Gasteiger partial charge in [0.05, 0.1) is 12.1 Å². The van der Waals surface area contributed by atoms with Gasteiger partial charge in [-0.3, -0.25) is 9.59 Å². The number of aliphatic hydroxyl groups excluding tert-OH is 1. The maximum absolute atomic E-state index is 13.2. The zero-order valence-electron chi connectivity index (χ0n) is 18.4. The minimum Gasteiger partial charge on any atom is -0.391 e. The summed E-state index contributed by atoms with van der Waals surface area (Å²) >= 11 is 0. The van der Waals surface area contributed by atoms with Crippen LogP contribution in [0.2, 0.25) is 0 Å². The van der Waals surface area contributed by atoms with Crippen LogP contribution in [-0.2, 0) is 10.2 Å². The highest BCUT2D eigenvalue weighted by Crippen LogP contribution is 2.39. The lowest BCUT2D eigenvalue weighted by Gasteiger charge is -2.34. The van der Waals surface area contributed by atoms with E-state index in [0.29, 0.717) is 36.0 Å². The van der Waals surface area contributed by atoms with Gasteiger partial charge in [-0.05, 0) is 49.4 Å². The van der Waals surface area contributed by atoms with E-state index in [2.05, 4.69) is 32.9 Å². The van der Waals surface area contributed by atoms with E-state index >= 15 is 0 Å². The highest BCUT2D eigenvalue weighted by molar-refractivity contribution is 5.97. The summed E-state index contributed by atoms with van der Waals surface area (Å²) < 4.78 is 0. The third-order valence-electron chi connectivity index (χ3n) is 6.72. The van der Waals surface area contributed by atoms with Crippen molar-refractivity contribution < 1.29 is 14.7 Å². The summed E-state index contributed by atoms with van der Waals surface area (Å²) in [6.45, 7) is 2.03. The molecule has 8 nitrogen and oxygen atoms in total. The van der Waals surface area contributed by atoms with Crippen LogP contribution in [0.4, 0.5) is 0 Å². The molecule has 32 heavy (non-hydrogen) atoms. The highest BCUT2D eigenvalue weighted by atomic mass is 16.3. The van der Waals surface area contributed by atoms with E-state index in [1.165, 1.54) is 6.92 Å². The topological polar surface area (TPSA) is 111 Å². The van der Waals surface area contributed by atoms with Crippen molar-refractivity contribution in [3.8, 4) is 0 Å². The third kappa shape index (κ3) is 4.36. The Morgan fingerprint density at radius 2 is 1.84 bits per heavy atom. The minimum absolute atomic E-state index is 0.0720. The van der Waals surface area contributed by atoms with Gasteiger partial charge in [0.15, 0.2) is 0 Å². The van der Waals surface area contributed by atoms with Crippen LogP contribution in [0.25, 0.3) is 11.0 Å². The number of rotatable bonds is 5. The van der Waals surface area contributed by atoms with Gasteiger partial charge in [-0.25, -0.2) is 0 Å². The van der Waals surface area contributed by atoms with Gasteiger partial charge >= 0.3 is 0 Å². The molecule has 0 saturated heterocycles. The molecule has 0 spiro atoms. The van der Waals surface area contributed by atoms with Gasteiger partial charge in [0.1, 0.15) is 11.0 Å². The van der Waals surface area contributed by atoms with Gasteiger partial charge in [0, 0.05) is 31.5 Å². The molecule has 0 radical (unpaired) electrons. The van der Waals surface area contributed by atoms with Crippen molar-refractivity contribution in [1.29, 1.82) is 0 Å². The number of nitrogens with one attached hydrogen (secondary N) is 2. The molecule has 1 fully saturated rings. The maximum atomic E-state index is 13.2. The first-order valence-corrected chi connectivity index (χ1v) is 11.0. The van der Waals surface area contributed by atoms with Crippen molar-refractivity contribution >= 4 is 22.8 Å². The van der Waals surface area contributed by atoms with E-state index in [1.54, 1.807) is 30.1 Å². The van der Waals surface area contributed by atoms with Crippen LogP contribution >= 0.6 is 0 Å². The molecule has 3 aromatic rings. The van der Waals surface area contributed by atoms with E-state index < -0.39 is 6.10 Å². The fourth-order valence-electron chi connectivity index (χ4n) is 4.79. The summed E-state index contributed by atoms with van der Waals surface area (Å²) in [7, 11) is 1.74. The van der Waals surface area contributed by atoms with Crippen molar-refractivity contribution in [2.45, 2.75) is 50.2 Å². The second-order valence-electron chi connectivity index (χ2n) is 8.71. The van der Waals surface area contributed by atoms with Crippen LogP contribution in [0.5, 0.6) is 0 Å². The number of hydrogen-bond acceptors (Lipinski definition) is 5. The molecule has 1 saturated carbocycles. The van der Waals surface area contributed by atoms with Crippen LogP contribution in [0.1, 0.15) is 48.5 Å². The molecular weight excluding hydrogens is 406 g/mol. The van der Waals surface area contributed by atoms with Crippen molar-refractivity contribution in [2.75, 3.05) is 13.6 Å². The fourth-order valence-corrected chi connectivity index (χ4v) is 4.79. The number of hydrogen-bond donors (Lipinski definition) is 3. The van der Waals surface area contributed by atoms with E-state index in [4.69, 9.17) is 0 Å². The number of carbonyl (C=O) groups is 2. The summed E-state index contributed by atoms with van der Waals surface area (Å²) in [4.78, 5) is 26.5. The van der Waals surface area contributed by atoms with Crippen molar-refractivity contribution in [3.63, 3.8) is 0 Å². The molecule has 8 heteroatoms. The van der Waals surface area contributed by atoms with Crippen LogP contribution in [0, 0.1) is 0 Å². The van der Waals surface area contributed by atoms with Gasteiger partial charge in [0.2, 0.25) is 5.91 Å². The molecule has 2 amide bonds. The number of carbonyl (C=O) groups excluding carboxylic acids is 2. The van der Waals surface area contributed by atoms with E-state index in [0.717, 1.165) is 18.4 Å². The van der Waals surface area contributed by atoms with Gasteiger partial charge in [-0.15, -0.1) is 0 Å². The lowest BCUT2D eigenvalue weighted by molar-refractivity contribution is -0.119. The molecule has 3 N–H and O–H groups in total. The molecular formula is C24H29N5O3. The van der Waals surface area contributed by atoms with E-state index in [9.17, 15) is 14.7 Å². The number of aromatic nitrogens is 3. The van der Waals surface area contributed by atoms with Crippen LogP contribution < -0.4 is 5.32 Å². The van der Waals surface area contributed by atoms with Gasteiger partial charge < -0.3 is 15.3 Å². The molecule has 3 atom stereocenters. The fraction of sp³-hybridized carbons (Fsp3) is 0.417. The molecule has 1 aliphatic rings. The van der Waals surface area contributed by atoms with E-state index in [1.807, 2.05) is 18.2 Å². The quantitative estimate of drug-likeness (QED) is 0.533. The zero-order valence-corrected chi connectivity index (χ0v) is 18.4. The van der Waals surface area contributed by atoms with E-state index in [-0.39, 0.29) is 23.3 Å². The standard InChI is InChI=1S/C24H29N5O3/c1-16(30)25-15-24(18-6-4-3-5-7-18)12-10-21(22(31)11-13-24)29(2)23(32)17-8-9-19-20(14-17)27-28-26-19/h3-9,14,21-22,31H,10-13,15H2,1-2H3,(H,25,30)(H,26,27,28)/t21-,22-,24-/m1/s1. The van der Waals surface area contributed by atoms with Gasteiger partial charge in [-0.1, -0.05) is 30.3 Å². The Kier molecular flexibility index (Phi) is 6.23. The Morgan fingerprint density at radius 1 is 1.12 bits per heavy atom. The molecule has 1 aliphatic carbocycles. The molecule has 168 valence electrons. The summed E-state index contributed by atoms with van der Waals surface area (Å²) in [6.07, 6.45) is 1.99. The Labute approximate surface area is 187 Å². The number of likely N-dealkylation sites (N-methyl/N-ethyl adjacent to an activating group) is 1. The second kappa shape index (κ2) is 9.08. The first-order valence-electron chi connectivity index (χ1n) is 11.0. The number of benzene rings is 2. The average molecular weight is 436 g/mol. The molecule has 4 rings (SSSR count). The van der Waals surface area contributed by atoms with Crippen LogP contribution in [0.3, 0.4) is 0 Å².